The van der Waals surface area contributed by atoms with E-state index >= 15 is 0 Å². The molecule has 5 N–H and O–H groups in total. The van der Waals surface area contributed by atoms with Crippen LogP contribution in [-0.4, -0.2) is 28.2 Å². The summed E-state index contributed by atoms with van der Waals surface area (Å²) in [5.41, 5.74) is 5.53. The fourth-order valence-electron chi connectivity index (χ4n) is 0.949. The van der Waals surface area contributed by atoms with Crippen LogP contribution in [0.25, 0.3) is 0 Å². The Bertz CT molecular complexity index is 339. The molecule has 0 spiro atoms. The number of anilines is 1. The summed E-state index contributed by atoms with van der Waals surface area (Å²) in [5, 5.41) is 26.1. The van der Waals surface area contributed by atoms with Gasteiger partial charge in [-0.3, -0.25) is 0 Å². The molecule has 0 aliphatic carbocycles. The average molecular weight is 181 g/mol. The van der Waals surface area contributed by atoms with Gasteiger partial charge in [0.15, 0.2) is 0 Å². The Morgan fingerprint density at radius 2 is 1.92 bits per heavy atom. The first-order valence-electron chi connectivity index (χ1n) is 3.50. The zero-order valence-electron chi connectivity index (χ0n) is 6.64. The Labute approximate surface area is 74.6 Å². The van der Waals surface area contributed by atoms with Crippen LogP contribution in [0.4, 0.5) is 5.69 Å². The van der Waals surface area contributed by atoms with E-state index in [1.54, 1.807) is 0 Å². The lowest BCUT2D eigenvalue weighted by atomic mass is 9.79. The van der Waals surface area contributed by atoms with Gasteiger partial charge < -0.3 is 20.9 Å². The van der Waals surface area contributed by atoms with Crippen molar-refractivity contribution in [2.75, 3.05) is 5.73 Å². The standard InChI is InChI=1S/C7H8BNO4/c9-6-2-4(7(10)11)1-5(3-6)8(12)13/h1-3,12-13H,9H2,(H,10,11). The maximum Gasteiger partial charge on any atom is 0.488 e. The first-order valence-corrected chi connectivity index (χ1v) is 3.50. The Hall–Kier alpha value is -1.53. The number of aromatic carboxylic acids is 1. The van der Waals surface area contributed by atoms with Crippen LogP contribution in [0.3, 0.4) is 0 Å². The number of nitrogen functional groups attached to an aromatic ring is 1. The van der Waals surface area contributed by atoms with Crippen LogP contribution in [0.5, 0.6) is 0 Å². The highest BCUT2D eigenvalue weighted by Gasteiger charge is 2.14. The first-order chi connectivity index (χ1) is 6.00. The Morgan fingerprint density at radius 3 is 2.38 bits per heavy atom. The summed E-state index contributed by atoms with van der Waals surface area (Å²) in [7, 11) is -1.71. The summed E-state index contributed by atoms with van der Waals surface area (Å²) in [4.78, 5) is 10.5. The molecule has 0 aromatic heterocycles. The van der Waals surface area contributed by atoms with Gasteiger partial charge in [-0.05, 0) is 23.7 Å². The summed E-state index contributed by atoms with van der Waals surface area (Å²) in [6, 6.07) is 3.70. The normalized spacial score (nSPS) is 9.69. The molecule has 0 saturated carbocycles. The second-order valence-corrected chi connectivity index (χ2v) is 2.57. The predicted molar refractivity (Wildman–Crippen MR) is 47.6 cm³/mol. The molecule has 0 fully saturated rings. The van der Waals surface area contributed by atoms with Crippen LogP contribution >= 0.6 is 0 Å². The van der Waals surface area contributed by atoms with E-state index in [1.807, 2.05) is 0 Å². The molecule has 13 heavy (non-hydrogen) atoms. The van der Waals surface area contributed by atoms with Crippen LogP contribution in [0.15, 0.2) is 18.2 Å². The molecule has 0 aliphatic heterocycles. The Balaban J connectivity index is 3.19. The van der Waals surface area contributed by atoms with Gasteiger partial charge in [-0.2, -0.15) is 0 Å². The third-order valence-corrected chi connectivity index (χ3v) is 1.52. The largest absolute Gasteiger partial charge is 0.488 e. The van der Waals surface area contributed by atoms with Gasteiger partial charge in [0.05, 0.1) is 5.56 Å². The molecule has 0 saturated heterocycles. The van der Waals surface area contributed by atoms with E-state index in [-0.39, 0.29) is 16.7 Å². The van der Waals surface area contributed by atoms with E-state index in [0.717, 1.165) is 6.07 Å². The van der Waals surface area contributed by atoms with E-state index in [4.69, 9.17) is 20.9 Å². The SMILES string of the molecule is Nc1cc(B(O)O)cc(C(=O)O)c1. The van der Waals surface area contributed by atoms with Crippen molar-refractivity contribution in [2.45, 2.75) is 0 Å². The number of carboxylic acid groups (broad SMARTS) is 1. The molecule has 1 rings (SSSR count). The monoisotopic (exact) mass is 181 g/mol. The summed E-state index contributed by atoms with van der Waals surface area (Å²) in [6.07, 6.45) is 0. The van der Waals surface area contributed by atoms with Gasteiger partial charge >= 0.3 is 13.1 Å². The fourth-order valence-corrected chi connectivity index (χ4v) is 0.949. The number of benzene rings is 1. The molecular weight excluding hydrogens is 173 g/mol. The van der Waals surface area contributed by atoms with Gasteiger partial charge in [-0.25, -0.2) is 4.79 Å². The molecule has 5 nitrogen and oxygen atoms in total. The lowest BCUT2D eigenvalue weighted by molar-refractivity contribution is 0.0697. The van der Waals surface area contributed by atoms with Crippen molar-refractivity contribution >= 4 is 24.2 Å². The summed E-state index contributed by atoms with van der Waals surface area (Å²) >= 11 is 0. The highest BCUT2D eigenvalue weighted by atomic mass is 16.4. The van der Waals surface area contributed by atoms with Gasteiger partial charge in [0.1, 0.15) is 0 Å². The van der Waals surface area contributed by atoms with Crippen LogP contribution in [-0.2, 0) is 0 Å². The van der Waals surface area contributed by atoms with Gasteiger partial charge in [0.2, 0.25) is 0 Å². The van der Waals surface area contributed by atoms with Crippen LogP contribution < -0.4 is 11.2 Å². The lowest BCUT2D eigenvalue weighted by Gasteiger charge is -2.02. The molecule has 1 aromatic rings. The second kappa shape index (κ2) is 3.46. The first kappa shape index (κ1) is 9.56. The third-order valence-electron chi connectivity index (χ3n) is 1.52. The summed E-state index contributed by atoms with van der Waals surface area (Å²) in [5.74, 6) is -1.16. The smallest absolute Gasteiger partial charge is 0.478 e. The molecule has 0 aliphatic rings. The maximum atomic E-state index is 10.5. The molecule has 6 heteroatoms. The molecule has 0 radical (unpaired) electrons. The maximum absolute atomic E-state index is 10.5. The number of carboxylic acids is 1. The van der Waals surface area contributed by atoms with Gasteiger partial charge in [0, 0.05) is 5.69 Å². The minimum Gasteiger partial charge on any atom is -0.478 e. The zero-order chi connectivity index (χ0) is 10.0. The van der Waals surface area contributed by atoms with Crippen molar-refractivity contribution in [3.8, 4) is 0 Å². The molecular formula is C7H8BNO4. The van der Waals surface area contributed by atoms with Crippen molar-refractivity contribution in [1.29, 1.82) is 0 Å². The lowest BCUT2D eigenvalue weighted by Crippen LogP contribution is -2.30. The van der Waals surface area contributed by atoms with Crippen LogP contribution in [0.2, 0.25) is 0 Å². The second-order valence-electron chi connectivity index (χ2n) is 2.57. The minimum absolute atomic E-state index is 0.0666. The Morgan fingerprint density at radius 1 is 1.31 bits per heavy atom. The fraction of sp³-hybridized carbons (Fsp3) is 0. The minimum atomic E-state index is -1.71. The molecule has 0 bridgehead atoms. The quantitative estimate of drug-likeness (QED) is 0.333. The highest BCUT2D eigenvalue weighted by molar-refractivity contribution is 6.58. The number of hydrogen-bond donors (Lipinski definition) is 4. The van der Waals surface area contributed by atoms with Crippen molar-refractivity contribution in [3.63, 3.8) is 0 Å². The topological polar surface area (TPSA) is 104 Å². The summed E-state index contributed by atoms with van der Waals surface area (Å²) < 4.78 is 0. The van der Waals surface area contributed by atoms with Gasteiger partial charge in [0.25, 0.3) is 0 Å². The molecule has 0 atom stereocenters. The van der Waals surface area contributed by atoms with Crippen molar-refractivity contribution in [3.05, 3.63) is 23.8 Å². The molecule has 1 aromatic carbocycles. The van der Waals surface area contributed by atoms with Gasteiger partial charge in [-0.1, -0.05) is 0 Å². The number of rotatable bonds is 2. The molecule has 0 amide bonds. The van der Waals surface area contributed by atoms with Crippen molar-refractivity contribution in [2.24, 2.45) is 0 Å². The van der Waals surface area contributed by atoms with Crippen molar-refractivity contribution in [1.82, 2.24) is 0 Å². The van der Waals surface area contributed by atoms with Crippen LogP contribution in [0.1, 0.15) is 10.4 Å². The van der Waals surface area contributed by atoms with Crippen molar-refractivity contribution < 1.29 is 19.9 Å². The highest BCUT2D eigenvalue weighted by Crippen LogP contribution is 2.04. The van der Waals surface area contributed by atoms with Gasteiger partial charge in [-0.15, -0.1) is 0 Å². The number of nitrogens with two attached hydrogens (primary N) is 1. The number of carbonyl (C=O) groups is 1. The Kier molecular flexibility index (Phi) is 2.55. The van der Waals surface area contributed by atoms with E-state index in [0.29, 0.717) is 0 Å². The average Bonchev–Trinajstić information content (AvgIpc) is 2.03. The molecule has 0 unspecified atom stereocenters. The van der Waals surface area contributed by atoms with E-state index in [9.17, 15) is 4.79 Å². The summed E-state index contributed by atoms with van der Waals surface area (Å²) in [6.45, 7) is 0. The van der Waals surface area contributed by atoms with E-state index in [2.05, 4.69) is 0 Å². The molecule has 68 valence electrons. The number of hydrogen-bond acceptors (Lipinski definition) is 4. The third kappa shape index (κ3) is 2.20. The zero-order valence-corrected chi connectivity index (χ0v) is 6.64. The predicted octanol–water partition coefficient (Wildman–Crippen LogP) is -1.35. The van der Waals surface area contributed by atoms with Crippen LogP contribution in [0, 0.1) is 0 Å². The van der Waals surface area contributed by atoms with E-state index in [1.165, 1.54) is 12.1 Å². The molecule has 0 heterocycles. The van der Waals surface area contributed by atoms with E-state index < -0.39 is 13.1 Å².